The quantitative estimate of drug-likeness (QED) is 0.393. The van der Waals surface area contributed by atoms with Gasteiger partial charge in [-0.05, 0) is 31.0 Å². The monoisotopic (exact) mass is 488 g/mol. The van der Waals surface area contributed by atoms with Gasteiger partial charge in [0.15, 0.2) is 0 Å². The standard InChI is InChI=1S/C24H28N2O9/c1-31-11-25-9-16(10-26(12-32-2)24(25)30)33-21(27)13-4-3-5-14(6-13)22(28)34-19-15-7-17-18(8-15)23(29)35-20(17)19/h3-6,15-20H,7-12H2,1-2H3. The Labute approximate surface area is 202 Å². The number of carbonyl (C=O) groups is 4. The van der Waals surface area contributed by atoms with E-state index in [2.05, 4.69) is 0 Å². The SMILES string of the molecule is COCN1CC(OC(=O)c2cccc(C(=O)OC3C4CC5C(=O)OC3C5C4)c2)CN(COC)C1=O. The number of methoxy groups -OCH3 is 2. The van der Waals surface area contributed by atoms with Crippen molar-refractivity contribution < 1.29 is 42.9 Å². The van der Waals surface area contributed by atoms with Crippen LogP contribution in [0.3, 0.4) is 0 Å². The largest absolute Gasteiger partial charge is 0.458 e. The van der Waals surface area contributed by atoms with E-state index in [4.69, 9.17) is 23.7 Å². The molecule has 4 fully saturated rings. The van der Waals surface area contributed by atoms with Crippen molar-refractivity contribution in [2.45, 2.75) is 31.2 Å². The molecular weight excluding hydrogens is 460 g/mol. The molecule has 0 spiro atoms. The van der Waals surface area contributed by atoms with Crippen LogP contribution in [0.25, 0.3) is 0 Å². The van der Waals surface area contributed by atoms with Crippen LogP contribution < -0.4 is 0 Å². The molecule has 35 heavy (non-hydrogen) atoms. The third-order valence-electron chi connectivity index (χ3n) is 7.22. The van der Waals surface area contributed by atoms with Crippen molar-refractivity contribution in [3.63, 3.8) is 0 Å². The average Bonchev–Trinajstić information content (AvgIpc) is 3.47. The zero-order chi connectivity index (χ0) is 24.7. The molecule has 188 valence electrons. The summed E-state index contributed by atoms with van der Waals surface area (Å²) in [6.45, 7) is 0.445. The number of rotatable bonds is 8. The Kier molecular flexibility index (Phi) is 6.37. The van der Waals surface area contributed by atoms with Crippen molar-refractivity contribution in [2.75, 3.05) is 40.8 Å². The summed E-state index contributed by atoms with van der Waals surface area (Å²) in [6, 6.07) is 5.85. The lowest BCUT2D eigenvalue weighted by Gasteiger charge is -2.38. The Morgan fingerprint density at radius 2 is 1.60 bits per heavy atom. The van der Waals surface area contributed by atoms with Crippen LogP contribution in [0.15, 0.2) is 24.3 Å². The summed E-state index contributed by atoms with van der Waals surface area (Å²) in [6.07, 6.45) is 0.0795. The molecule has 2 saturated heterocycles. The molecule has 11 nitrogen and oxygen atoms in total. The molecule has 0 radical (unpaired) electrons. The van der Waals surface area contributed by atoms with Crippen molar-refractivity contribution in [1.82, 2.24) is 9.80 Å². The maximum atomic E-state index is 12.9. The Bertz CT molecular complexity index is 1010. The van der Waals surface area contributed by atoms with Gasteiger partial charge in [-0.25, -0.2) is 14.4 Å². The summed E-state index contributed by atoms with van der Waals surface area (Å²) in [4.78, 5) is 53.0. The highest BCUT2D eigenvalue weighted by atomic mass is 16.6. The summed E-state index contributed by atoms with van der Waals surface area (Å²) in [5, 5.41) is 0. The number of esters is 3. The molecule has 1 aromatic rings. The van der Waals surface area contributed by atoms with Crippen LogP contribution >= 0.6 is 0 Å². The zero-order valence-corrected chi connectivity index (χ0v) is 19.6. The van der Waals surface area contributed by atoms with Crippen molar-refractivity contribution in [1.29, 1.82) is 0 Å². The zero-order valence-electron chi connectivity index (χ0n) is 19.6. The number of fused-ring (bicyclic) bond motifs is 1. The van der Waals surface area contributed by atoms with E-state index in [1.54, 1.807) is 18.2 Å². The van der Waals surface area contributed by atoms with Gasteiger partial charge in [0.2, 0.25) is 0 Å². The first-order valence-electron chi connectivity index (χ1n) is 11.6. The number of hydrogen-bond acceptors (Lipinski definition) is 9. The van der Waals surface area contributed by atoms with Gasteiger partial charge < -0.3 is 23.7 Å². The van der Waals surface area contributed by atoms with Gasteiger partial charge in [-0.1, -0.05) is 6.07 Å². The molecule has 2 aliphatic heterocycles. The molecule has 4 aliphatic rings. The van der Waals surface area contributed by atoms with Crippen LogP contribution in [-0.2, 0) is 28.5 Å². The fourth-order valence-corrected chi connectivity index (χ4v) is 5.76. The lowest BCUT2D eigenvalue weighted by molar-refractivity contribution is -0.146. The molecule has 11 heteroatoms. The average molecular weight is 488 g/mol. The van der Waals surface area contributed by atoms with Crippen molar-refractivity contribution in [3.8, 4) is 0 Å². The van der Waals surface area contributed by atoms with Crippen molar-refractivity contribution in [2.24, 2.45) is 17.8 Å². The van der Waals surface area contributed by atoms with Crippen LogP contribution in [0.4, 0.5) is 4.79 Å². The van der Waals surface area contributed by atoms with Gasteiger partial charge in [0.25, 0.3) is 0 Å². The van der Waals surface area contributed by atoms with Crippen LogP contribution in [0.5, 0.6) is 0 Å². The van der Waals surface area contributed by atoms with Gasteiger partial charge in [-0.3, -0.25) is 14.6 Å². The second-order valence-corrected chi connectivity index (χ2v) is 9.44. The Morgan fingerprint density at radius 1 is 0.971 bits per heavy atom. The first kappa shape index (κ1) is 23.6. The number of benzene rings is 1. The van der Waals surface area contributed by atoms with Crippen molar-refractivity contribution >= 4 is 23.9 Å². The van der Waals surface area contributed by atoms with Gasteiger partial charge in [0, 0.05) is 26.1 Å². The molecule has 0 aromatic heterocycles. The number of carbonyl (C=O) groups excluding carboxylic acids is 4. The first-order chi connectivity index (χ1) is 16.9. The number of urea groups is 1. The lowest BCUT2D eigenvalue weighted by atomic mass is 9.88. The maximum absolute atomic E-state index is 12.9. The predicted molar refractivity (Wildman–Crippen MR) is 117 cm³/mol. The molecule has 2 amide bonds. The van der Waals surface area contributed by atoms with Crippen LogP contribution in [-0.4, -0.2) is 92.8 Å². The van der Waals surface area contributed by atoms with Crippen LogP contribution in [0.2, 0.25) is 0 Å². The van der Waals surface area contributed by atoms with E-state index in [0.29, 0.717) is 6.42 Å². The summed E-state index contributed by atoms with van der Waals surface area (Å²) in [5.41, 5.74) is 0.400. The second-order valence-electron chi connectivity index (χ2n) is 9.44. The minimum atomic E-state index is -0.624. The summed E-state index contributed by atoms with van der Waals surface area (Å²) < 4.78 is 27.0. The maximum Gasteiger partial charge on any atom is 0.338 e. The van der Waals surface area contributed by atoms with Gasteiger partial charge in [-0.15, -0.1) is 0 Å². The molecule has 2 aliphatic carbocycles. The molecule has 1 aromatic carbocycles. The predicted octanol–water partition coefficient (Wildman–Crippen LogP) is 1.26. The third-order valence-corrected chi connectivity index (χ3v) is 7.22. The first-order valence-corrected chi connectivity index (χ1v) is 11.6. The molecule has 2 saturated carbocycles. The number of hydrogen-bond donors (Lipinski definition) is 0. The summed E-state index contributed by atoms with van der Waals surface area (Å²) in [5.74, 6) is -1.20. The topological polar surface area (TPSA) is 121 Å². The Morgan fingerprint density at radius 3 is 2.23 bits per heavy atom. The van der Waals surface area contributed by atoms with Gasteiger partial charge in [-0.2, -0.15) is 0 Å². The lowest BCUT2D eigenvalue weighted by Crippen LogP contribution is -2.57. The van der Waals surface area contributed by atoms with E-state index in [-0.39, 0.29) is 73.5 Å². The highest BCUT2D eigenvalue weighted by Gasteiger charge is 2.63. The van der Waals surface area contributed by atoms with E-state index in [9.17, 15) is 19.2 Å². The Balaban J connectivity index is 1.23. The van der Waals surface area contributed by atoms with E-state index in [0.717, 1.165) is 6.42 Å². The Hall–Kier alpha value is -3.18. The van der Waals surface area contributed by atoms with Crippen LogP contribution in [0, 0.1) is 17.8 Å². The normalized spacial score (nSPS) is 29.5. The second kappa shape index (κ2) is 9.46. The molecule has 5 unspecified atom stereocenters. The van der Waals surface area contributed by atoms with Gasteiger partial charge in [0.05, 0.1) is 30.1 Å². The fraction of sp³-hybridized carbons (Fsp3) is 0.583. The van der Waals surface area contributed by atoms with E-state index >= 15 is 0 Å². The minimum absolute atomic E-state index is 0.0501. The van der Waals surface area contributed by atoms with Gasteiger partial charge >= 0.3 is 23.9 Å². The van der Waals surface area contributed by atoms with Crippen LogP contribution in [0.1, 0.15) is 33.6 Å². The minimum Gasteiger partial charge on any atom is -0.458 e. The molecule has 0 N–H and O–H groups in total. The molecule has 2 heterocycles. The molecule has 2 bridgehead atoms. The fourth-order valence-electron chi connectivity index (χ4n) is 5.76. The smallest absolute Gasteiger partial charge is 0.338 e. The highest BCUT2D eigenvalue weighted by molar-refractivity contribution is 5.95. The van der Waals surface area contributed by atoms with Crippen molar-refractivity contribution in [3.05, 3.63) is 35.4 Å². The third kappa shape index (κ3) is 4.34. The van der Waals surface area contributed by atoms with Gasteiger partial charge in [0.1, 0.15) is 31.8 Å². The number of ether oxygens (including phenoxy) is 5. The number of nitrogens with zero attached hydrogens (tertiary/aromatic N) is 2. The summed E-state index contributed by atoms with van der Waals surface area (Å²) in [7, 11) is 2.94. The highest BCUT2D eigenvalue weighted by Crippen LogP contribution is 2.55. The molecular formula is C24H28N2O9. The van der Waals surface area contributed by atoms with E-state index < -0.39 is 24.1 Å². The molecule has 5 rings (SSSR count). The van der Waals surface area contributed by atoms with E-state index in [1.807, 2.05) is 0 Å². The summed E-state index contributed by atoms with van der Waals surface area (Å²) >= 11 is 0. The van der Waals surface area contributed by atoms with E-state index in [1.165, 1.54) is 30.1 Å². The number of amides is 2. The molecule has 5 atom stereocenters.